The molecule has 1 aromatic heterocycles. The second kappa shape index (κ2) is 7.24. The highest BCUT2D eigenvalue weighted by molar-refractivity contribution is 6.08. The molecule has 0 saturated carbocycles. The number of nitrogens with zero attached hydrogens (tertiary/aromatic N) is 2. The second-order valence-electron chi connectivity index (χ2n) is 6.72. The smallest absolute Gasteiger partial charge is 0.327 e. The molecular formula is C17H22N4O6. The van der Waals surface area contributed by atoms with Crippen LogP contribution in [0, 0.1) is 0 Å². The quantitative estimate of drug-likeness (QED) is 0.356. The lowest BCUT2D eigenvalue weighted by Crippen LogP contribution is -2.52. The SMILES string of the molecule is CC1=CC2=Nc3c([nH]c(=O)[nH]c3=O)N(CC(O)C(O)C(O)CO)C2C=C1C. The number of allylic oxidation sites excluding steroid dienone is 2. The Kier molecular flexibility index (Phi) is 5.16. The third kappa shape index (κ3) is 3.52. The predicted octanol–water partition coefficient (Wildman–Crippen LogP) is -1.69. The summed E-state index contributed by atoms with van der Waals surface area (Å²) in [5, 5.41) is 38.9. The van der Waals surface area contributed by atoms with Gasteiger partial charge in [0.25, 0.3) is 5.56 Å². The first-order valence-electron chi connectivity index (χ1n) is 8.47. The zero-order chi connectivity index (χ0) is 19.9. The lowest BCUT2D eigenvalue weighted by molar-refractivity contribution is -0.0732. The molecule has 2 aliphatic rings. The summed E-state index contributed by atoms with van der Waals surface area (Å²) < 4.78 is 0. The Morgan fingerprint density at radius 2 is 1.85 bits per heavy atom. The van der Waals surface area contributed by atoms with Crippen molar-refractivity contribution in [2.75, 3.05) is 18.1 Å². The average Bonchev–Trinajstić information content (AvgIpc) is 2.62. The van der Waals surface area contributed by atoms with Crippen LogP contribution >= 0.6 is 0 Å². The van der Waals surface area contributed by atoms with E-state index in [1.807, 2.05) is 26.0 Å². The van der Waals surface area contributed by atoms with Gasteiger partial charge in [-0.15, -0.1) is 0 Å². The van der Waals surface area contributed by atoms with E-state index in [1.54, 1.807) is 4.90 Å². The molecule has 0 bridgehead atoms. The van der Waals surface area contributed by atoms with Gasteiger partial charge in [-0.2, -0.15) is 0 Å². The van der Waals surface area contributed by atoms with Crippen LogP contribution in [0.3, 0.4) is 0 Å². The molecule has 10 nitrogen and oxygen atoms in total. The minimum atomic E-state index is -1.61. The molecular weight excluding hydrogens is 356 g/mol. The number of H-pyrrole nitrogens is 2. The molecule has 2 heterocycles. The predicted molar refractivity (Wildman–Crippen MR) is 98.5 cm³/mol. The maximum absolute atomic E-state index is 12.2. The number of hydrogen-bond donors (Lipinski definition) is 6. The van der Waals surface area contributed by atoms with Crippen LogP contribution < -0.4 is 16.1 Å². The standard InChI is InChI=1S/C17H22N4O6/c1-7-3-9-10(4-8(7)2)21(5-11(23)14(25)12(24)6-22)15-13(18-9)16(26)20-17(27)19-15/h3-4,10-12,14,22-25H,5-6H2,1-2H3,(H2,19,20,26,27). The molecule has 0 saturated heterocycles. The van der Waals surface area contributed by atoms with E-state index in [2.05, 4.69) is 15.0 Å². The fourth-order valence-corrected chi connectivity index (χ4v) is 3.15. The highest BCUT2D eigenvalue weighted by Gasteiger charge is 2.35. The number of nitrogens with one attached hydrogen (secondary N) is 2. The fraction of sp³-hybridized carbons (Fsp3) is 0.471. The van der Waals surface area contributed by atoms with Crippen molar-refractivity contribution in [3.63, 3.8) is 0 Å². The van der Waals surface area contributed by atoms with Crippen molar-refractivity contribution >= 4 is 17.2 Å². The maximum atomic E-state index is 12.2. The molecule has 3 rings (SSSR count). The summed E-state index contributed by atoms with van der Waals surface area (Å²) in [5.74, 6) is 0.110. The van der Waals surface area contributed by atoms with Crippen molar-refractivity contribution < 1.29 is 20.4 Å². The van der Waals surface area contributed by atoms with Gasteiger partial charge in [0.15, 0.2) is 5.69 Å². The van der Waals surface area contributed by atoms with Crippen LogP contribution in [0.15, 0.2) is 37.9 Å². The van der Waals surface area contributed by atoms with Crippen LogP contribution in [-0.4, -0.2) is 73.6 Å². The van der Waals surface area contributed by atoms with Crippen LogP contribution in [-0.2, 0) is 0 Å². The number of aliphatic hydroxyl groups is 4. The highest BCUT2D eigenvalue weighted by atomic mass is 16.4. The van der Waals surface area contributed by atoms with Gasteiger partial charge in [0.2, 0.25) is 0 Å². The van der Waals surface area contributed by atoms with Gasteiger partial charge in [0.05, 0.1) is 18.4 Å². The van der Waals surface area contributed by atoms with Crippen LogP contribution in [0.5, 0.6) is 0 Å². The Morgan fingerprint density at radius 1 is 1.15 bits per heavy atom. The average molecular weight is 378 g/mol. The molecule has 1 aromatic rings. The van der Waals surface area contributed by atoms with Gasteiger partial charge in [-0.1, -0.05) is 6.08 Å². The molecule has 0 aromatic carbocycles. The Balaban J connectivity index is 2.08. The second-order valence-corrected chi connectivity index (χ2v) is 6.72. The van der Waals surface area contributed by atoms with Crippen LogP contribution in [0.25, 0.3) is 0 Å². The summed E-state index contributed by atoms with van der Waals surface area (Å²) in [6.07, 6.45) is -0.908. The monoisotopic (exact) mass is 378 g/mol. The number of aliphatic hydroxyl groups excluding tert-OH is 4. The number of aromatic nitrogens is 2. The van der Waals surface area contributed by atoms with Crippen LogP contribution in [0.2, 0.25) is 0 Å². The maximum Gasteiger partial charge on any atom is 0.327 e. The zero-order valence-electron chi connectivity index (χ0n) is 14.9. The molecule has 4 unspecified atom stereocenters. The van der Waals surface area contributed by atoms with E-state index in [0.29, 0.717) is 5.71 Å². The highest BCUT2D eigenvalue weighted by Crippen LogP contribution is 2.33. The fourth-order valence-electron chi connectivity index (χ4n) is 3.15. The third-order valence-corrected chi connectivity index (χ3v) is 4.82. The summed E-state index contributed by atoms with van der Waals surface area (Å²) in [4.78, 5) is 34.5. The Labute approximate surface area is 153 Å². The van der Waals surface area contributed by atoms with Crippen molar-refractivity contribution in [2.45, 2.75) is 38.2 Å². The third-order valence-electron chi connectivity index (χ3n) is 4.82. The van der Waals surface area contributed by atoms with E-state index in [9.17, 15) is 24.9 Å². The molecule has 1 aliphatic heterocycles. The van der Waals surface area contributed by atoms with Gasteiger partial charge >= 0.3 is 5.69 Å². The first-order chi connectivity index (χ1) is 12.7. The number of anilines is 1. The molecule has 10 heteroatoms. The molecule has 0 fully saturated rings. The topological polar surface area (TPSA) is 162 Å². The minimum Gasteiger partial charge on any atom is -0.394 e. The van der Waals surface area contributed by atoms with Crippen molar-refractivity contribution in [3.05, 3.63) is 44.1 Å². The molecule has 0 amide bonds. The largest absolute Gasteiger partial charge is 0.394 e. The van der Waals surface area contributed by atoms with Gasteiger partial charge in [0, 0.05) is 6.54 Å². The van der Waals surface area contributed by atoms with Gasteiger partial charge in [-0.25, -0.2) is 9.79 Å². The number of aromatic amines is 2. The van der Waals surface area contributed by atoms with Crippen LogP contribution in [0.4, 0.5) is 11.5 Å². The van der Waals surface area contributed by atoms with Gasteiger partial charge in [-0.3, -0.25) is 14.8 Å². The Morgan fingerprint density at radius 3 is 2.52 bits per heavy atom. The van der Waals surface area contributed by atoms with Crippen molar-refractivity contribution in [1.82, 2.24) is 9.97 Å². The first kappa shape index (κ1) is 19.2. The minimum absolute atomic E-state index is 0.0118. The number of hydrogen-bond acceptors (Lipinski definition) is 8. The van der Waals surface area contributed by atoms with Gasteiger partial charge in [-0.05, 0) is 31.1 Å². The molecule has 1 aliphatic carbocycles. The first-order valence-corrected chi connectivity index (χ1v) is 8.47. The van der Waals surface area contributed by atoms with Gasteiger partial charge in [0.1, 0.15) is 24.1 Å². The number of rotatable bonds is 5. The molecule has 0 radical (unpaired) electrons. The summed E-state index contributed by atoms with van der Waals surface area (Å²) in [6.45, 7) is 2.86. The van der Waals surface area contributed by atoms with E-state index in [0.717, 1.165) is 11.1 Å². The Bertz CT molecular complexity index is 943. The summed E-state index contributed by atoms with van der Waals surface area (Å²) in [6, 6.07) is -0.480. The van der Waals surface area contributed by atoms with E-state index in [1.165, 1.54) is 0 Å². The van der Waals surface area contributed by atoms with Gasteiger partial charge < -0.3 is 25.3 Å². The summed E-state index contributed by atoms with van der Waals surface area (Å²) in [7, 11) is 0. The van der Waals surface area contributed by atoms with Crippen molar-refractivity contribution in [3.8, 4) is 0 Å². The molecule has 6 N–H and O–H groups in total. The van der Waals surface area contributed by atoms with Crippen molar-refractivity contribution in [2.24, 2.45) is 4.99 Å². The normalized spacial score (nSPS) is 22.1. The van der Waals surface area contributed by atoms with E-state index in [-0.39, 0.29) is 18.1 Å². The molecule has 27 heavy (non-hydrogen) atoms. The number of aliphatic imine (C=N–C) groups is 1. The molecule has 4 atom stereocenters. The number of β-amino-alcohol motifs (C(OH)–C–C–N with tert-alkyl or cyclic N) is 1. The molecule has 146 valence electrons. The summed E-state index contributed by atoms with van der Waals surface area (Å²) in [5.41, 5.74) is 1.06. The van der Waals surface area contributed by atoms with Crippen molar-refractivity contribution in [1.29, 1.82) is 0 Å². The van der Waals surface area contributed by atoms with E-state index >= 15 is 0 Å². The van der Waals surface area contributed by atoms with E-state index in [4.69, 9.17) is 5.11 Å². The summed E-state index contributed by atoms with van der Waals surface area (Å²) >= 11 is 0. The van der Waals surface area contributed by atoms with E-state index < -0.39 is 42.2 Å². The number of fused-ring (bicyclic) bond motifs is 2. The molecule has 0 spiro atoms. The Hall–Kier alpha value is -2.53. The van der Waals surface area contributed by atoms with Crippen LogP contribution in [0.1, 0.15) is 13.8 Å². The lowest BCUT2D eigenvalue weighted by Gasteiger charge is -2.39. The lowest BCUT2D eigenvalue weighted by atomic mass is 9.92. The zero-order valence-corrected chi connectivity index (χ0v) is 14.9.